The van der Waals surface area contributed by atoms with Gasteiger partial charge in [0.25, 0.3) is 0 Å². The van der Waals surface area contributed by atoms with Crippen LogP contribution in [0.15, 0.2) is 46.9 Å². The van der Waals surface area contributed by atoms with E-state index >= 15 is 0 Å². The predicted octanol–water partition coefficient (Wildman–Crippen LogP) is 3.71. The lowest BCUT2D eigenvalue weighted by molar-refractivity contribution is 0.0656. The second kappa shape index (κ2) is 4.87. The second-order valence-electron chi connectivity index (χ2n) is 4.63. The van der Waals surface area contributed by atoms with Crippen molar-refractivity contribution in [2.75, 3.05) is 0 Å². The van der Waals surface area contributed by atoms with Gasteiger partial charge in [0.1, 0.15) is 17.6 Å². The summed E-state index contributed by atoms with van der Waals surface area (Å²) in [4.78, 5) is 0. The van der Waals surface area contributed by atoms with E-state index < -0.39 is 6.10 Å². The number of phenolic OH excluding ortho intramolecular Hbond substituents is 1. The topological polar surface area (TPSA) is 49.7 Å². The van der Waals surface area contributed by atoms with Crippen LogP contribution in [0.25, 0.3) is 0 Å². The Kier molecular flexibility index (Phi) is 3.21. The van der Waals surface area contributed by atoms with Crippen molar-refractivity contribution in [3.8, 4) is 11.5 Å². The maximum atomic E-state index is 10.2. The molecule has 2 aromatic carbocycles. The molecule has 98 valence electrons. The Morgan fingerprint density at radius 1 is 1.11 bits per heavy atom. The van der Waals surface area contributed by atoms with Crippen molar-refractivity contribution >= 4 is 15.9 Å². The maximum absolute atomic E-state index is 10.2. The highest BCUT2D eigenvalue weighted by Gasteiger charge is 2.28. The SMILES string of the molecule is Oc1ccc(C2CC(O)c3cc(Br)ccc3O2)cc1. The number of ether oxygens (including phenoxy) is 1. The van der Waals surface area contributed by atoms with Gasteiger partial charge in [-0.2, -0.15) is 0 Å². The summed E-state index contributed by atoms with van der Waals surface area (Å²) in [5.41, 5.74) is 1.76. The Balaban J connectivity index is 1.92. The van der Waals surface area contributed by atoms with Crippen molar-refractivity contribution in [3.63, 3.8) is 0 Å². The van der Waals surface area contributed by atoms with Crippen molar-refractivity contribution in [3.05, 3.63) is 58.1 Å². The molecule has 0 saturated heterocycles. The Hall–Kier alpha value is -1.52. The van der Waals surface area contributed by atoms with Gasteiger partial charge < -0.3 is 14.9 Å². The number of hydrogen-bond acceptors (Lipinski definition) is 3. The third-order valence-electron chi connectivity index (χ3n) is 3.30. The fourth-order valence-corrected chi connectivity index (χ4v) is 2.69. The van der Waals surface area contributed by atoms with Crippen molar-refractivity contribution in [1.82, 2.24) is 0 Å². The standard InChI is InChI=1S/C15H13BrO3/c16-10-3-6-14-12(7-10)13(18)8-15(19-14)9-1-4-11(17)5-2-9/h1-7,13,15,17-18H,8H2. The first kappa shape index (κ1) is 12.5. The Morgan fingerprint density at radius 3 is 2.58 bits per heavy atom. The molecule has 0 saturated carbocycles. The molecule has 0 amide bonds. The number of aromatic hydroxyl groups is 1. The third-order valence-corrected chi connectivity index (χ3v) is 3.80. The summed E-state index contributed by atoms with van der Waals surface area (Å²) in [5.74, 6) is 0.935. The number of benzene rings is 2. The maximum Gasteiger partial charge on any atom is 0.127 e. The highest BCUT2D eigenvalue weighted by atomic mass is 79.9. The van der Waals surface area contributed by atoms with Crippen LogP contribution in [-0.4, -0.2) is 10.2 Å². The molecule has 3 rings (SSSR count). The van der Waals surface area contributed by atoms with E-state index in [1.807, 2.05) is 30.3 Å². The first-order chi connectivity index (χ1) is 9.13. The third kappa shape index (κ3) is 2.46. The number of rotatable bonds is 1. The van der Waals surface area contributed by atoms with E-state index in [4.69, 9.17) is 4.74 Å². The fourth-order valence-electron chi connectivity index (χ4n) is 2.31. The first-order valence-electron chi connectivity index (χ1n) is 6.06. The minimum absolute atomic E-state index is 0.190. The van der Waals surface area contributed by atoms with Gasteiger partial charge in [-0.15, -0.1) is 0 Å². The van der Waals surface area contributed by atoms with E-state index in [0.717, 1.165) is 15.6 Å². The van der Waals surface area contributed by atoms with Crippen LogP contribution >= 0.6 is 15.9 Å². The molecule has 0 spiro atoms. The van der Waals surface area contributed by atoms with Gasteiger partial charge >= 0.3 is 0 Å². The molecule has 0 fully saturated rings. The number of aliphatic hydroxyl groups is 1. The molecular weight excluding hydrogens is 308 g/mol. The molecule has 3 nitrogen and oxygen atoms in total. The van der Waals surface area contributed by atoms with Crippen LogP contribution in [0.2, 0.25) is 0 Å². The lowest BCUT2D eigenvalue weighted by atomic mass is 9.95. The molecule has 4 heteroatoms. The number of hydrogen-bond donors (Lipinski definition) is 2. The summed E-state index contributed by atoms with van der Waals surface area (Å²) in [6.07, 6.45) is -0.224. The van der Waals surface area contributed by atoms with Crippen LogP contribution in [0.4, 0.5) is 0 Å². The molecule has 2 N–H and O–H groups in total. The molecule has 0 aliphatic carbocycles. The Labute approximate surface area is 119 Å². The molecule has 0 radical (unpaired) electrons. The van der Waals surface area contributed by atoms with E-state index in [0.29, 0.717) is 12.2 Å². The lowest BCUT2D eigenvalue weighted by Crippen LogP contribution is -2.18. The number of fused-ring (bicyclic) bond motifs is 1. The monoisotopic (exact) mass is 320 g/mol. The molecule has 1 heterocycles. The predicted molar refractivity (Wildman–Crippen MR) is 75.2 cm³/mol. The van der Waals surface area contributed by atoms with E-state index in [2.05, 4.69) is 15.9 Å². The van der Waals surface area contributed by atoms with Crippen molar-refractivity contribution in [2.45, 2.75) is 18.6 Å². The molecule has 19 heavy (non-hydrogen) atoms. The quantitative estimate of drug-likeness (QED) is 0.842. The second-order valence-corrected chi connectivity index (χ2v) is 5.55. The molecule has 2 aromatic rings. The molecule has 1 aliphatic rings. The zero-order chi connectivity index (χ0) is 13.4. The van der Waals surface area contributed by atoms with Crippen molar-refractivity contribution in [1.29, 1.82) is 0 Å². The molecule has 2 unspecified atom stereocenters. The fraction of sp³-hybridized carbons (Fsp3) is 0.200. The van der Waals surface area contributed by atoms with Crippen LogP contribution in [0, 0.1) is 0 Å². The van der Waals surface area contributed by atoms with E-state index in [9.17, 15) is 10.2 Å². The van der Waals surface area contributed by atoms with Crippen LogP contribution < -0.4 is 4.74 Å². The summed E-state index contributed by atoms with van der Waals surface area (Å²) < 4.78 is 6.85. The van der Waals surface area contributed by atoms with Crippen LogP contribution in [0.5, 0.6) is 11.5 Å². The van der Waals surface area contributed by atoms with Crippen LogP contribution in [-0.2, 0) is 0 Å². The smallest absolute Gasteiger partial charge is 0.127 e. The van der Waals surface area contributed by atoms with E-state index in [1.165, 1.54) is 0 Å². The molecule has 1 aliphatic heterocycles. The number of aliphatic hydroxyl groups excluding tert-OH is 1. The minimum atomic E-state index is -0.542. The normalized spacial score (nSPS) is 21.6. The van der Waals surface area contributed by atoms with Gasteiger partial charge in [0, 0.05) is 16.5 Å². The molecular formula is C15H13BrO3. The molecule has 2 atom stereocenters. The van der Waals surface area contributed by atoms with Gasteiger partial charge in [0.15, 0.2) is 0 Å². The molecule has 0 bridgehead atoms. The Bertz CT molecular complexity index is 595. The summed E-state index contributed by atoms with van der Waals surface area (Å²) >= 11 is 3.39. The average molecular weight is 321 g/mol. The highest BCUT2D eigenvalue weighted by molar-refractivity contribution is 9.10. The van der Waals surface area contributed by atoms with Crippen molar-refractivity contribution < 1.29 is 14.9 Å². The van der Waals surface area contributed by atoms with E-state index in [1.54, 1.807) is 12.1 Å². The summed E-state index contributed by atoms with van der Waals surface area (Å²) in [7, 11) is 0. The van der Waals surface area contributed by atoms with Gasteiger partial charge in [-0.05, 0) is 35.9 Å². The highest BCUT2D eigenvalue weighted by Crippen LogP contribution is 2.41. The van der Waals surface area contributed by atoms with E-state index in [-0.39, 0.29) is 11.9 Å². The van der Waals surface area contributed by atoms with Crippen molar-refractivity contribution in [2.24, 2.45) is 0 Å². The zero-order valence-corrected chi connectivity index (χ0v) is 11.7. The van der Waals surface area contributed by atoms with Crippen LogP contribution in [0.1, 0.15) is 29.8 Å². The number of phenols is 1. The van der Waals surface area contributed by atoms with Gasteiger partial charge in [-0.1, -0.05) is 28.1 Å². The molecule has 0 aromatic heterocycles. The van der Waals surface area contributed by atoms with Gasteiger partial charge in [-0.3, -0.25) is 0 Å². The van der Waals surface area contributed by atoms with Gasteiger partial charge in [0.05, 0.1) is 6.10 Å². The number of halogens is 1. The van der Waals surface area contributed by atoms with Gasteiger partial charge in [0.2, 0.25) is 0 Å². The van der Waals surface area contributed by atoms with Crippen LogP contribution in [0.3, 0.4) is 0 Å². The average Bonchev–Trinajstić information content (AvgIpc) is 2.40. The first-order valence-corrected chi connectivity index (χ1v) is 6.86. The largest absolute Gasteiger partial charge is 0.508 e. The van der Waals surface area contributed by atoms with Gasteiger partial charge in [-0.25, -0.2) is 0 Å². The summed E-state index contributed by atoms with van der Waals surface area (Å²) in [6.45, 7) is 0. The zero-order valence-electron chi connectivity index (χ0n) is 10.1. The minimum Gasteiger partial charge on any atom is -0.508 e. The lowest BCUT2D eigenvalue weighted by Gasteiger charge is -2.30. The summed E-state index contributed by atoms with van der Waals surface area (Å²) in [6, 6.07) is 12.5. The summed E-state index contributed by atoms with van der Waals surface area (Å²) in [5, 5.41) is 19.5. The Morgan fingerprint density at radius 2 is 1.84 bits per heavy atom.